The molecule has 1 atom stereocenters. The summed E-state index contributed by atoms with van der Waals surface area (Å²) in [4.78, 5) is 12.0. The molecule has 1 amide bonds. The number of hydrogen-bond acceptors (Lipinski definition) is 3. The quantitative estimate of drug-likeness (QED) is 0.808. The zero-order valence-electron chi connectivity index (χ0n) is 12.6. The van der Waals surface area contributed by atoms with Gasteiger partial charge in [-0.25, -0.2) is 0 Å². The minimum absolute atomic E-state index is 0.197. The number of nitrogens with one attached hydrogen (secondary N) is 1. The monoisotopic (exact) mass is 382 g/mol. The number of benzene rings is 2. The van der Waals surface area contributed by atoms with Crippen LogP contribution in [0.4, 0.5) is 0 Å². The van der Waals surface area contributed by atoms with Gasteiger partial charge in [0.2, 0.25) is 0 Å². The summed E-state index contributed by atoms with van der Waals surface area (Å²) in [6.07, 6.45) is 0. The number of amides is 1. The highest BCUT2D eigenvalue weighted by Crippen LogP contribution is 2.26. The Hall–Kier alpha value is -1.93. The minimum Gasteiger partial charge on any atom is -0.482 e. The second-order valence-corrected chi connectivity index (χ2v) is 6.23. The van der Waals surface area contributed by atoms with Crippen molar-refractivity contribution in [1.82, 2.24) is 5.32 Å². The van der Waals surface area contributed by atoms with Gasteiger partial charge in [-0.15, -0.1) is 0 Å². The topological polar surface area (TPSA) is 62.1 Å². The summed E-state index contributed by atoms with van der Waals surface area (Å²) < 4.78 is 5.38. The third-order valence-corrected chi connectivity index (χ3v) is 4.28. The molecule has 0 heterocycles. The predicted octanol–water partition coefficient (Wildman–Crippen LogP) is 4.77. The molecular formula is C17H13Cl3N2O2. The molecule has 124 valence electrons. The Morgan fingerprint density at radius 1 is 1.17 bits per heavy atom. The molecule has 0 spiro atoms. The maximum absolute atomic E-state index is 12.0. The highest BCUT2D eigenvalue weighted by molar-refractivity contribution is 6.42. The van der Waals surface area contributed by atoms with Crippen LogP contribution in [-0.4, -0.2) is 12.5 Å². The van der Waals surface area contributed by atoms with Crippen molar-refractivity contribution < 1.29 is 9.53 Å². The highest BCUT2D eigenvalue weighted by atomic mass is 35.5. The molecule has 2 aromatic carbocycles. The van der Waals surface area contributed by atoms with Crippen LogP contribution in [0.1, 0.15) is 24.1 Å². The number of carbonyl (C=O) groups is 1. The van der Waals surface area contributed by atoms with Crippen molar-refractivity contribution in [2.75, 3.05) is 6.61 Å². The van der Waals surface area contributed by atoms with Crippen LogP contribution in [-0.2, 0) is 4.79 Å². The Morgan fingerprint density at radius 2 is 1.92 bits per heavy atom. The number of nitriles is 1. The Bertz CT molecular complexity index is 803. The number of rotatable bonds is 5. The van der Waals surface area contributed by atoms with Gasteiger partial charge < -0.3 is 10.1 Å². The predicted molar refractivity (Wildman–Crippen MR) is 94.7 cm³/mol. The summed E-state index contributed by atoms with van der Waals surface area (Å²) in [6, 6.07) is 11.5. The summed E-state index contributed by atoms with van der Waals surface area (Å²) in [5.41, 5.74) is 1.25. The maximum Gasteiger partial charge on any atom is 0.258 e. The van der Waals surface area contributed by atoms with Crippen LogP contribution in [0.3, 0.4) is 0 Å². The van der Waals surface area contributed by atoms with Gasteiger partial charge in [0.1, 0.15) is 5.75 Å². The van der Waals surface area contributed by atoms with Gasteiger partial charge in [-0.1, -0.05) is 40.9 Å². The zero-order chi connectivity index (χ0) is 17.7. The van der Waals surface area contributed by atoms with E-state index in [4.69, 9.17) is 44.8 Å². The van der Waals surface area contributed by atoms with E-state index in [2.05, 4.69) is 5.32 Å². The van der Waals surface area contributed by atoms with Crippen molar-refractivity contribution in [1.29, 1.82) is 5.26 Å². The van der Waals surface area contributed by atoms with Crippen molar-refractivity contribution in [3.05, 3.63) is 62.6 Å². The molecule has 0 bridgehead atoms. The van der Waals surface area contributed by atoms with E-state index in [1.807, 2.05) is 13.0 Å². The summed E-state index contributed by atoms with van der Waals surface area (Å²) in [7, 11) is 0. The third-order valence-electron chi connectivity index (χ3n) is 3.24. The average molecular weight is 384 g/mol. The fraction of sp³-hybridized carbons (Fsp3) is 0.176. The van der Waals surface area contributed by atoms with Crippen molar-refractivity contribution in [2.24, 2.45) is 0 Å². The lowest BCUT2D eigenvalue weighted by Gasteiger charge is -2.15. The van der Waals surface area contributed by atoms with Gasteiger partial charge in [0.05, 0.1) is 32.7 Å². The van der Waals surface area contributed by atoms with Gasteiger partial charge in [0.15, 0.2) is 6.61 Å². The molecule has 0 aliphatic heterocycles. The first kappa shape index (κ1) is 18.4. The van der Waals surface area contributed by atoms with E-state index >= 15 is 0 Å². The lowest BCUT2D eigenvalue weighted by molar-refractivity contribution is -0.123. The molecule has 0 aliphatic carbocycles. The summed E-state index contributed by atoms with van der Waals surface area (Å²) in [5, 5.41) is 12.7. The van der Waals surface area contributed by atoms with Gasteiger partial charge in [0.25, 0.3) is 5.91 Å². The molecule has 0 saturated carbocycles. The first-order valence-corrected chi connectivity index (χ1v) is 8.11. The second kappa shape index (κ2) is 8.25. The Balaban J connectivity index is 1.93. The SMILES string of the molecule is C[C@H](NC(=O)COc1ccc(C#N)cc1Cl)c1ccc(Cl)c(Cl)c1. The van der Waals surface area contributed by atoms with Crippen molar-refractivity contribution in [3.8, 4) is 11.8 Å². The normalized spacial score (nSPS) is 11.5. The molecule has 2 aromatic rings. The molecule has 7 heteroatoms. The Labute approximate surface area is 154 Å². The summed E-state index contributed by atoms with van der Waals surface area (Å²) in [5.74, 6) is 0.0296. The Kier molecular flexibility index (Phi) is 6.33. The molecule has 24 heavy (non-hydrogen) atoms. The molecule has 0 aliphatic rings. The molecule has 1 N–H and O–H groups in total. The molecule has 4 nitrogen and oxygen atoms in total. The minimum atomic E-state index is -0.311. The van der Waals surface area contributed by atoms with Gasteiger partial charge in [-0.05, 0) is 42.8 Å². The van der Waals surface area contributed by atoms with Gasteiger partial charge in [-0.2, -0.15) is 5.26 Å². The molecule has 0 saturated heterocycles. The molecule has 2 rings (SSSR count). The third kappa shape index (κ3) is 4.78. The van der Waals surface area contributed by atoms with Crippen molar-refractivity contribution >= 4 is 40.7 Å². The summed E-state index contributed by atoms with van der Waals surface area (Å²) >= 11 is 17.8. The number of hydrogen-bond donors (Lipinski definition) is 1. The highest BCUT2D eigenvalue weighted by Gasteiger charge is 2.12. The zero-order valence-corrected chi connectivity index (χ0v) is 14.9. The molecule has 0 radical (unpaired) electrons. The number of halogens is 3. The molecule has 0 fully saturated rings. The van der Waals surface area contributed by atoms with Crippen molar-refractivity contribution in [2.45, 2.75) is 13.0 Å². The number of nitrogens with zero attached hydrogens (tertiary/aromatic N) is 1. The lowest BCUT2D eigenvalue weighted by Crippen LogP contribution is -2.31. The van der Waals surface area contributed by atoms with Crippen LogP contribution in [0.5, 0.6) is 5.75 Å². The first-order chi connectivity index (χ1) is 11.4. The van der Waals surface area contributed by atoms with Gasteiger partial charge >= 0.3 is 0 Å². The van der Waals surface area contributed by atoms with Crippen LogP contribution in [0, 0.1) is 11.3 Å². The fourth-order valence-electron chi connectivity index (χ4n) is 1.98. The number of carbonyl (C=O) groups excluding carboxylic acids is 1. The van der Waals surface area contributed by atoms with Gasteiger partial charge in [0, 0.05) is 0 Å². The van der Waals surface area contributed by atoms with Crippen molar-refractivity contribution in [3.63, 3.8) is 0 Å². The second-order valence-electron chi connectivity index (χ2n) is 5.01. The van der Waals surface area contributed by atoms with E-state index < -0.39 is 0 Å². The van der Waals surface area contributed by atoms with Crippen LogP contribution in [0.25, 0.3) is 0 Å². The van der Waals surface area contributed by atoms with Gasteiger partial charge in [-0.3, -0.25) is 4.79 Å². The number of ether oxygens (including phenoxy) is 1. The van der Waals surface area contributed by atoms with E-state index in [-0.39, 0.29) is 23.6 Å². The molecule has 0 aromatic heterocycles. The lowest BCUT2D eigenvalue weighted by atomic mass is 10.1. The van der Waals surface area contributed by atoms with Crippen LogP contribution < -0.4 is 10.1 Å². The maximum atomic E-state index is 12.0. The smallest absolute Gasteiger partial charge is 0.258 e. The van der Waals surface area contributed by atoms with E-state index in [0.717, 1.165) is 5.56 Å². The Morgan fingerprint density at radius 3 is 2.54 bits per heavy atom. The summed E-state index contributed by atoms with van der Waals surface area (Å²) in [6.45, 7) is 1.63. The van der Waals surface area contributed by atoms with E-state index in [1.54, 1.807) is 30.3 Å². The molecule has 0 unspecified atom stereocenters. The van der Waals surface area contributed by atoms with E-state index in [1.165, 1.54) is 6.07 Å². The standard InChI is InChI=1S/C17H13Cl3N2O2/c1-10(12-3-4-13(18)14(19)7-12)22-17(23)9-24-16-5-2-11(8-21)6-15(16)20/h2-7,10H,9H2,1H3,(H,22,23)/t10-/m0/s1. The molecular weight excluding hydrogens is 371 g/mol. The van der Waals surface area contributed by atoms with E-state index in [9.17, 15) is 4.79 Å². The average Bonchev–Trinajstić information content (AvgIpc) is 2.56. The van der Waals surface area contributed by atoms with Crippen LogP contribution >= 0.6 is 34.8 Å². The van der Waals surface area contributed by atoms with E-state index in [0.29, 0.717) is 21.4 Å². The fourth-order valence-corrected chi connectivity index (χ4v) is 2.52. The largest absolute Gasteiger partial charge is 0.482 e. The van der Waals surface area contributed by atoms with Crippen LogP contribution in [0.15, 0.2) is 36.4 Å². The van der Waals surface area contributed by atoms with Crippen LogP contribution in [0.2, 0.25) is 15.1 Å². The first-order valence-electron chi connectivity index (χ1n) is 6.97.